The van der Waals surface area contributed by atoms with Crippen molar-refractivity contribution in [3.05, 3.63) is 34.1 Å². The van der Waals surface area contributed by atoms with Gasteiger partial charge in [-0.3, -0.25) is 0 Å². The van der Waals surface area contributed by atoms with Crippen molar-refractivity contribution in [3.63, 3.8) is 0 Å². The molecule has 1 N–H and O–H groups in total. The lowest BCUT2D eigenvalue weighted by atomic mass is 10.2. The number of rotatable bonds is 7. The quantitative estimate of drug-likeness (QED) is 0.829. The van der Waals surface area contributed by atoms with Crippen molar-refractivity contribution >= 4 is 15.9 Å². The van der Waals surface area contributed by atoms with Crippen molar-refractivity contribution < 1.29 is 4.39 Å². The van der Waals surface area contributed by atoms with Gasteiger partial charge in [0.1, 0.15) is 5.82 Å². The molecular weight excluding hydrogens is 295 g/mol. The van der Waals surface area contributed by atoms with Gasteiger partial charge < -0.3 is 10.2 Å². The molecule has 0 bridgehead atoms. The van der Waals surface area contributed by atoms with Gasteiger partial charge in [-0.2, -0.15) is 0 Å². The van der Waals surface area contributed by atoms with Gasteiger partial charge in [-0.1, -0.05) is 35.8 Å². The van der Waals surface area contributed by atoms with Gasteiger partial charge in [0.25, 0.3) is 0 Å². The van der Waals surface area contributed by atoms with E-state index in [9.17, 15) is 4.39 Å². The number of hydrogen-bond donors (Lipinski definition) is 1. The summed E-state index contributed by atoms with van der Waals surface area (Å²) >= 11 is 3.26. The average molecular weight is 317 g/mol. The van der Waals surface area contributed by atoms with E-state index < -0.39 is 0 Å². The second-order valence-corrected chi connectivity index (χ2v) is 5.42. The second kappa shape index (κ2) is 7.87. The molecule has 1 unspecified atom stereocenters. The molecule has 1 atom stereocenters. The molecule has 0 aromatic heterocycles. The summed E-state index contributed by atoms with van der Waals surface area (Å²) in [6.07, 6.45) is 0. The van der Waals surface area contributed by atoms with Crippen LogP contribution in [0.2, 0.25) is 0 Å². The van der Waals surface area contributed by atoms with Crippen LogP contribution in [0.3, 0.4) is 0 Å². The number of nitrogens with one attached hydrogen (secondary N) is 1. The highest BCUT2D eigenvalue weighted by Gasteiger charge is 2.08. The summed E-state index contributed by atoms with van der Waals surface area (Å²) in [6.45, 7) is 10.1. The Morgan fingerprint density at radius 3 is 2.56 bits per heavy atom. The van der Waals surface area contributed by atoms with Crippen LogP contribution >= 0.6 is 15.9 Å². The maximum Gasteiger partial charge on any atom is 0.128 e. The lowest BCUT2D eigenvalue weighted by Gasteiger charge is -2.23. The molecule has 0 heterocycles. The van der Waals surface area contributed by atoms with E-state index in [0.29, 0.717) is 18.2 Å². The predicted octanol–water partition coefficient (Wildman–Crippen LogP) is 3.41. The number of halogens is 2. The lowest BCUT2D eigenvalue weighted by molar-refractivity contribution is 0.270. The smallest absolute Gasteiger partial charge is 0.128 e. The Morgan fingerprint density at radius 2 is 2.00 bits per heavy atom. The summed E-state index contributed by atoms with van der Waals surface area (Å²) in [5.74, 6) is -0.160. The average Bonchev–Trinajstić information content (AvgIpc) is 2.35. The fourth-order valence-corrected chi connectivity index (χ4v) is 2.22. The van der Waals surface area contributed by atoms with E-state index in [4.69, 9.17) is 0 Å². The summed E-state index contributed by atoms with van der Waals surface area (Å²) in [5, 5.41) is 3.36. The van der Waals surface area contributed by atoms with Gasteiger partial charge >= 0.3 is 0 Å². The maximum absolute atomic E-state index is 13.6. The first kappa shape index (κ1) is 15.6. The number of likely N-dealkylation sites (N-methyl/N-ethyl adjacent to an activating group) is 1. The Labute approximate surface area is 118 Å². The van der Waals surface area contributed by atoms with Gasteiger partial charge in [0.15, 0.2) is 0 Å². The number of benzene rings is 1. The zero-order chi connectivity index (χ0) is 13.5. The van der Waals surface area contributed by atoms with Crippen molar-refractivity contribution in [2.45, 2.75) is 33.4 Å². The van der Waals surface area contributed by atoms with Crippen LogP contribution in [-0.4, -0.2) is 30.6 Å². The predicted molar refractivity (Wildman–Crippen MR) is 78.2 cm³/mol. The number of nitrogens with zero attached hydrogens (tertiary/aromatic N) is 1. The molecule has 0 aliphatic heterocycles. The normalized spacial score (nSPS) is 13.0. The van der Waals surface area contributed by atoms with Crippen LogP contribution < -0.4 is 5.32 Å². The zero-order valence-electron chi connectivity index (χ0n) is 11.3. The van der Waals surface area contributed by atoms with E-state index >= 15 is 0 Å². The monoisotopic (exact) mass is 316 g/mol. The van der Waals surface area contributed by atoms with Crippen LogP contribution in [0.5, 0.6) is 0 Å². The van der Waals surface area contributed by atoms with E-state index in [1.165, 1.54) is 6.07 Å². The SMILES string of the molecule is CCN(CC)CC(C)NCc1ccc(Br)cc1F. The lowest BCUT2D eigenvalue weighted by Crippen LogP contribution is -2.38. The summed E-state index contributed by atoms with van der Waals surface area (Å²) in [4.78, 5) is 2.36. The van der Waals surface area contributed by atoms with E-state index in [2.05, 4.69) is 46.9 Å². The molecule has 0 spiro atoms. The highest BCUT2D eigenvalue weighted by molar-refractivity contribution is 9.10. The van der Waals surface area contributed by atoms with Crippen LogP contribution in [0, 0.1) is 5.82 Å². The topological polar surface area (TPSA) is 15.3 Å². The second-order valence-electron chi connectivity index (χ2n) is 4.50. The van der Waals surface area contributed by atoms with Gasteiger partial charge in [-0.15, -0.1) is 0 Å². The van der Waals surface area contributed by atoms with E-state index in [0.717, 1.165) is 24.1 Å². The molecule has 0 saturated carbocycles. The van der Waals surface area contributed by atoms with Gasteiger partial charge in [-0.05, 0) is 32.1 Å². The Morgan fingerprint density at radius 1 is 1.33 bits per heavy atom. The Kier molecular flexibility index (Phi) is 6.82. The van der Waals surface area contributed by atoms with E-state index in [1.807, 2.05) is 12.1 Å². The summed E-state index contributed by atoms with van der Waals surface area (Å²) < 4.78 is 14.4. The standard InChI is InChI=1S/C14H22BrFN2/c1-4-18(5-2)10-11(3)17-9-12-6-7-13(15)8-14(12)16/h6-8,11,17H,4-5,9-10H2,1-3H3. The molecule has 0 saturated heterocycles. The van der Waals surface area contributed by atoms with Crippen LogP contribution in [0.15, 0.2) is 22.7 Å². The first-order valence-electron chi connectivity index (χ1n) is 6.46. The van der Waals surface area contributed by atoms with Crippen molar-refractivity contribution in [2.24, 2.45) is 0 Å². The fourth-order valence-electron chi connectivity index (χ4n) is 1.88. The molecule has 18 heavy (non-hydrogen) atoms. The Bertz CT molecular complexity index is 367. The molecule has 0 amide bonds. The zero-order valence-corrected chi connectivity index (χ0v) is 12.9. The third-order valence-electron chi connectivity index (χ3n) is 3.08. The maximum atomic E-state index is 13.6. The van der Waals surface area contributed by atoms with Crippen LogP contribution in [0.1, 0.15) is 26.3 Å². The van der Waals surface area contributed by atoms with Crippen molar-refractivity contribution in [2.75, 3.05) is 19.6 Å². The van der Waals surface area contributed by atoms with Crippen LogP contribution in [-0.2, 0) is 6.54 Å². The molecule has 1 rings (SSSR count). The van der Waals surface area contributed by atoms with E-state index in [-0.39, 0.29) is 5.82 Å². The largest absolute Gasteiger partial charge is 0.309 e. The van der Waals surface area contributed by atoms with Crippen molar-refractivity contribution in [1.82, 2.24) is 10.2 Å². The molecule has 4 heteroatoms. The van der Waals surface area contributed by atoms with Gasteiger partial charge in [0.05, 0.1) is 0 Å². The molecule has 0 radical (unpaired) electrons. The first-order valence-corrected chi connectivity index (χ1v) is 7.25. The first-order chi connectivity index (χ1) is 8.56. The molecular formula is C14H22BrFN2. The minimum atomic E-state index is -0.160. The minimum Gasteiger partial charge on any atom is -0.309 e. The van der Waals surface area contributed by atoms with Crippen molar-refractivity contribution in [1.29, 1.82) is 0 Å². The molecule has 0 aliphatic carbocycles. The Hall–Kier alpha value is -0.450. The summed E-state index contributed by atoms with van der Waals surface area (Å²) in [5.41, 5.74) is 0.713. The van der Waals surface area contributed by atoms with Gasteiger partial charge in [-0.25, -0.2) is 4.39 Å². The highest BCUT2D eigenvalue weighted by atomic mass is 79.9. The molecule has 0 aliphatic rings. The highest BCUT2D eigenvalue weighted by Crippen LogP contribution is 2.15. The molecule has 1 aromatic carbocycles. The van der Waals surface area contributed by atoms with Crippen molar-refractivity contribution in [3.8, 4) is 0 Å². The fraction of sp³-hybridized carbons (Fsp3) is 0.571. The Balaban J connectivity index is 2.44. The molecule has 2 nitrogen and oxygen atoms in total. The molecule has 0 fully saturated rings. The van der Waals surface area contributed by atoms with E-state index in [1.54, 1.807) is 0 Å². The third-order valence-corrected chi connectivity index (χ3v) is 3.58. The molecule has 102 valence electrons. The van der Waals surface area contributed by atoms with Gasteiger partial charge in [0.2, 0.25) is 0 Å². The summed E-state index contributed by atoms with van der Waals surface area (Å²) in [6, 6.07) is 5.55. The van der Waals surface area contributed by atoms with Crippen LogP contribution in [0.4, 0.5) is 4.39 Å². The molecule has 1 aromatic rings. The third kappa shape index (κ3) is 5.04. The number of hydrogen-bond acceptors (Lipinski definition) is 2. The van der Waals surface area contributed by atoms with Gasteiger partial charge in [0, 0.05) is 29.2 Å². The van der Waals surface area contributed by atoms with Crippen LogP contribution in [0.25, 0.3) is 0 Å². The minimum absolute atomic E-state index is 0.160. The summed E-state index contributed by atoms with van der Waals surface area (Å²) in [7, 11) is 0.